The Morgan fingerprint density at radius 2 is 1.68 bits per heavy atom. The van der Waals surface area contributed by atoms with E-state index in [1.165, 1.54) is 5.56 Å². The van der Waals surface area contributed by atoms with Crippen molar-refractivity contribution < 1.29 is 9.94 Å². The second-order valence-corrected chi connectivity index (χ2v) is 4.66. The van der Waals surface area contributed by atoms with Crippen molar-refractivity contribution in [3.05, 3.63) is 65.7 Å². The van der Waals surface area contributed by atoms with Crippen molar-refractivity contribution in [2.45, 2.75) is 26.0 Å². The fraction of sp³-hybridized carbons (Fsp3) is 0.250. The number of hydrogen-bond acceptors (Lipinski definition) is 3. The Kier molecular flexibility index (Phi) is 4.95. The van der Waals surface area contributed by atoms with Crippen LogP contribution in [0, 0.1) is 0 Å². The van der Waals surface area contributed by atoms with Crippen molar-refractivity contribution in [1.82, 2.24) is 5.48 Å². The molecular weight excluding hydrogens is 238 g/mol. The molecule has 1 unspecified atom stereocenters. The highest BCUT2D eigenvalue weighted by Gasteiger charge is 2.03. The molecule has 2 rings (SSSR count). The molecule has 0 aliphatic heterocycles. The standard InChI is InChI=1S/C16H19NO2/c1-13(11-14-7-9-16(18)10-8-14)17-19-12-15-5-3-2-4-6-15/h2-10,13,17-18H,11-12H2,1H3. The Morgan fingerprint density at radius 1 is 1.00 bits per heavy atom. The third-order valence-corrected chi connectivity index (χ3v) is 2.84. The first-order valence-electron chi connectivity index (χ1n) is 6.43. The zero-order chi connectivity index (χ0) is 13.5. The molecule has 0 aliphatic carbocycles. The molecule has 1 atom stereocenters. The zero-order valence-corrected chi connectivity index (χ0v) is 11.0. The number of rotatable bonds is 6. The predicted molar refractivity (Wildman–Crippen MR) is 75.6 cm³/mol. The maximum atomic E-state index is 9.22. The van der Waals surface area contributed by atoms with Gasteiger partial charge >= 0.3 is 0 Å². The molecule has 2 aromatic rings. The van der Waals surface area contributed by atoms with E-state index >= 15 is 0 Å². The van der Waals surface area contributed by atoms with Crippen molar-refractivity contribution >= 4 is 0 Å². The molecule has 2 aromatic carbocycles. The van der Waals surface area contributed by atoms with E-state index in [2.05, 4.69) is 12.4 Å². The summed E-state index contributed by atoms with van der Waals surface area (Å²) < 4.78 is 0. The highest BCUT2D eigenvalue weighted by atomic mass is 16.6. The maximum Gasteiger partial charge on any atom is 0.115 e. The lowest BCUT2D eigenvalue weighted by atomic mass is 10.1. The van der Waals surface area contributed by atoms with E-state index in [1.807, 2.05) is 42.5 Å². The number of nitrogens with one attached hydrogen (secondary N) is 1. The quantitative estimate of drug-likeness (QED) is 0.781. The molecule has 0 aliphatic rings. The summed E-state index contributed by atoms with van der Waals surface area (Å²) in [6.07, 6.45) is 0.856. The molecule has 19 heavy (non-hydrogen) atoms. The number of benzene rings is 2. The smallest absolute Gasteiger partial charge is 0.115 e. The van der Waals surface area contributed by atoms with Crippen LogP contribution in [0.1, 0.15) is 18.1 Å². The van der Waals surface area contributed by atoms with E-state index in [9.17, 15) is 5.11 Å². The SMILES string of the molecule is CC(Cc1ccc(O)cc1)NOCc1ccccc1. The molecule has 3 heteroatoms. The van der Waals surface area contributed by atoms with Crippen molar-refractivity contribution in [1.29, 1.82) is 0 Å². The van der Waals surface area contributed by atoms with Crippen molar-refractivity contribution in [2.24, 2.45) is 0 Å². The Bertz CT molecular complexity index is 482. The molecule has 0 fully saturated rings. The summed E-state index contributed by atoms with van der Waals surface area (Å²) in [6.45, 7) is 2.62. The molecule has 0 heterocycles. The van der Waals surface area contributed by atoms with E-state index in [1.54, 1.807) is 12.1 Å². The normalized spacial score (nSPS) is 12.3. The minimum Gasteiger partial charge on any atom is -0.508 e. The monoisotopic (exact) mass is 257 g/mol. The first kappa shape index (κ1) is 13.6. The zero-order valence-electron chi connectivity index (χ0n) is 11.0. The first-order valence-corrected chi connectivity index (χ1v) is 6.43. The van der Waals surface area contributed by atoms with Gasteiger partial charge in [-0.3, -0.25) is 4.84 Å². The molecule has 0 spiro atoms. The number of hydrogen-bond donors (Lipinski definition) is 2. The summed E-state index contributed by atoms with van der Waals surface area (Å²) in [6, 6.07) is 17.5. The van der Waals surface area contributed by atoms with Gasteiger partial charge in [-0.2, -0.15) is 5.48 Å². The van der Waals surface area contributed by atoms with E-state index in [0.29, 0.717) is 12.4 Å². The minimum absolute atomic E-state index is 0.216. The van der Waals surface area contributed by atoms with Crippen molar-refractivity contribution in [3.8, 4) is 5.75 Å². The average Bonchev–Trinajstić information content (AvgIpc) is 2.43. The summed E-state index contributed by atoms with van der Waals surface area (Å²) in [4.78, 5) is 5.48. The summed E-state index contributed by atoms with van der Waals surface area (Å²) >= 11 is 0. The summed E-state index contributed by atoms with van der Waals surface area (Å²) in [7, 11) is 0. The van der Waals surface area contributed by atoms with Crippen LogP contribution < -0.4 is 5.48 Å². The van der Waals surface area contributed by atoms with Gasteiger partial charge in [0.05, 0.1) is 6.61 Å². The fourth-order valence-electron chi connectivity index (χ4n) is 1.87. The minimum atomic E-state index is 0.216. The molecule has 0 bridgehead atoms. The largest absolute Gasteiger partial charge is 0.508 e. The first-order chi connectivity index (χ1) is 9.24. The summed E-state index contributed by atoms with van der Waals surface area (Å²) in [5, 5.41) is 9.22. The van der Waals surface area contributed by atoms with Gasteiger partial charge in [0.15, 0.2) is 0 Å². The van der Waals surface area contributed by atoms with Crippen LogP contribution in [0.4, 0.5) is 0 Å². The van der Waals surface area contributed by atoms with Crippen LogP contribution in [0.5, 0.6) is 5.75 Å². The Balaban J connectivity index is 1.73. The maximum absolute atomic E-state index is 9.22. The van der Waals surface area contributed by atoms with Gasteiger partial charge in [0.1, 0.15) is 5.75 Å². The lowest BCUT2D eigenvalue weighted by Gasteiger charge is -2.14. The van der Waals surface area contributed by atoms with Crippen molar-refractivity contribution in [3.63, 3.8) is 0 Å². The summed E-state index contributed by atoms with van der Waals surface area (Å²) in [5.41, 5.74) is 5.34. The van der Waals surface area contributed by atoms with Gasteiger partial charge in [0.25, 0.3) is 0 Å². The van der Waals surface area contributed by atoms with Gasteiger partial charge in [-0.25, -0.2) is 0 Å². The summed E-state index contributed by atoms with van der Waals surface area (Å²) in [5.74, 6) is 0.296. The topological polar surface area (TPSA) is 41.5 Å². The lowest BCUT2D eigenvalue weighted by Crippen LogP contribution is -2.28. The number of aromatic hydroxyl groups is 1. The van der Waals surface area contributed by atoms with E-state index in [0.717, 1.165) is 12.0 Å². The number of phenolic OH excluding ortho intramolecular Hbond substituents is 1. The van der Waals surface area contributed by atoms with Gasteiger partial charge < -0.3 is 5.11 Å². The highest BCUT2D eigenvalue weighted by molar-refractivity contribution is 5.26. The molecule has 2 N–H and O–H groups in total. The second kappa shape index (κ2) is 6.92. The second-order valence-electron chi connectivity index (χ2n) is 4.66. The molecule has 0 amide bonds. The molecule has 0 radical (unpaired) electrons. The highest BCUT2D eigenvalue weighted by Crippen LogP contribution is 2.11. The third-order valence-electron chi connectivity index (χ3n) is 2.84. The van der Waals surface area contributed by atoms with Gasteiger partial charge in [0, 0.05) is 6.04 Å². The van der Waals surface area contributed by atoms with Gasteiger partial charge in [0.2, 0.25) is 0 Å². The number of hydroxylamine groups is 1. The van der Waals surface area contributed by atoms with Crippen LogP contribution in [0.15, 0.2) is 54.6 Å². The van der Waals surface area contributed by atoms with Crippen LogP contribution >= 0.6 is 0 Å². The van der Waals surface area contributed by atoms with Crippen LogP contribution in [0.3, 0.4) is 0 Å². The third kappa shape index (κ3) is 4.73. The van der Waals surface area contributed by atoms with E-state index in [4.69, 9.17) is 4.84 Å². The Labute approximate surface area is 113 Å². The van der Waals surface area contributed by atoms with Crippen LogP contribution in [-0.2, 0) is 17.9 Å². The average molecular weight is 257 g/mol. The fourth-order valence-corrected chi connectivity index (χ4v) is 1.87. The molecular formula is C16H19NO2. The van der Waals surface area contributed by atoms with Crippen LogP contribution in [0.25, 0.3) is 0 Å². The van der Waals surface area contributed by atoms with E-state index < -0.39 is 0 Å². The Morgan fingerprint density at radius 3 is 2.37 bits per heavy atom. The van der Waals surface area contributed by atoms with Gasteiger partial charge in [-0.1, -0.05) is 42.5 Å². The predicted octanol–water partition coefficient (Wildman–Crippen LogP) is 3.04. The van der Waals surface area contributed by atoms with Crippen LogP contribution in [-0.4, -0.2) is 11.1 Å². The Hall–Kier alpha value is -1.84. The molecule has 3 nitrogen and oxygen atoms in total. The van der Waals surface area contributed by atoms with Crippen LogP contribution in [0.2, 0.25) is 0 Å². The van der Waals surface area contributed by atoms with Gasteiger partial charge in [-0.15, -0.1) is 0 Å². The van der Waals surface area contributed by atoms with E-state index in [-0.39, 0.29) is 6.04 Å². The number of phenols is 1. The van der Waals surface area contributed by atoms with Crippen molar-refractivity contribution in [2.75, 3.05) is 0 Å². The lowest BCUT2D eigenvalue weighted by molar-refractivity contribution is 0.00763. The molecule has 0 aromatic heterocycles. The molecule has 0 saturated heterocycles. The molecule has 100 valence electrons. The van der Waals surface area contributed by atoms with Gasteiger partial charge in [-0.05, 0) is 36.6 Å². The molecule has 0 saturated carbocycles.